The highest BCUT2D eigenvalue weighted by Crippen LogP contribution is 2.26. The molecule has 21 heavy (non-hydrogen) atoms. The first-order chi connectivity index (χ1) is 10.1. The zero-order valence-corrected chi connectivity index (χ0v) is 13.2. The van der Waals surface area contributed by atoms with Gasteiger partial charge in [0.15, 0.2) is 0 Å². The van der Waals surface area contributed by atoms with Crippen LogP contribution in [-0.2, 0) is 7.05 Å². The van der Waals surface area contributed by atoms with Gasteiger partial charge in [-0.2, -0.15) is 5.10 Å². The zero-order chi connectivity index (χ0) is 14.8. The van der Waals surface area contributed by atoms with Gasteiger partial charge in [-0.3, -0.25) is 4.68 Å². The molecular weight excluding hydrogens is 280 g/mol. The Morgan fingerprint density at radius 2 is 2.14 bits per heavy atom. The lowest BCUT2D eigenvalue weighted by Crippen LogP contribution is -2.11. The summed E-state index contributed by atoms with van der Waals surface area (Å²) >= 11 is 1.68. The number of thiazole rings is 1. The van der Waals surface area contributed by atoms with Gasteiger partial charge in [0.25, 0.3) is 0 Å². The summed E-state index contributed by atoms with van der Waals surface area (Å²) < 4.78 is 1.89. The number of rotatable bonds is 4. The topological polar surface area (TPSA) is 42.7 Å². The standard InChI is InChI=1S/C16H18N4S/c1-11(16-7-8-17-20(16)3)18-14-6-4-5-13(9-14)15-10-21-12(2)19-15/h4-11,18H,1-3H3. The minimum absolute atomic E-state index is 0.199. The summed E-state index contributed by atoms with van der Waals surface area (Å²) in [4.78, 5) is 4.54. The van der Waals surface area contributed by atoms with Crippen LogP contribution in [0, 0.1) is 6.92 Å². The Hall–Kier alpha value is -2.14. The van der Waals surface area contributed by atoms with E-state index in [2.05, 4.69) is 52.0 Å². The largest absolute Gasteiger partial charge is 0.377 e. The lowest BCUT2D eigenvalue weighted by Gasteiger charge is -2.16. The van der Waals surface area contributed by atoms with Crippen molar-refractivity contribution >= 4 is 17.0 Å². The van der Waals surface area contributed by atoms with E-state index < -0.39 is 0 Å². The predicted octanol–water partition coefficient (Wildman–Crippen LogP) is 4.03. The molecule has 2 heterocycles. The predicted molar refractivity (Wildman–Crippen MR) is 87.5 cm³/mol. The van der Waals surface area contributed by atoms with Crippen LogP contribution in [0.2, 0.25) is 0 Å². The van der Waals surface area contributed by atoms with E-state index in [1.54, 1.807) is 11.3 Å². The first-order valence-corrected chi connectivity index (χ1v) is 7.78. The molecule has 3 aromatic rings. The fraction of sp³-hybridized carbons (Fsp3) is 0.250. The Bertz CT molecular complexity index is 744. The van der Waals surface area contributed by atoms with Gasteiger partial charge in [0.05, 0.1) is 22.4 Å². The van der Waals surface area contributed by atoms with Crippen molar-refractivity contribution in [1.29, 1.82) is 0 Å². The van der Waals surface area contributed by atoms with Crippen LogP contribution in [-0.4, -0.2) is 14.8 Å². The number of hydrogen-bond acceptors (Lipinski definition) is 4. The van der Waals surface area contributed by atoms with E-state index in [4.69, 9.17) is 0 Å². The van der Waals surface area contributed by atoms with Crippen LogP contribution >= 0.6 is 11.3 Å². The Morgan fingerprint density at radius 1 is 1.29 bits per heavy atom. The van der Waals surface area contributed by atoms with Crippen LogP contribution in [0.15, 0.2) is 41.9 Å². The van der Waals surface area contributed by atoms with Gasteiger partial charge in [0.1, 0.15) is 0 Å². The summed E-state index contributed by atoms with van der Waals surface area (Å²) in [5.74, 6) is 0. The number of aromatic nitrogens is 3. The summed E-state index contributed by atoms with van der Waals surface area (Å²) in [7, 11) is 1.96. The van der Waals surface area contributed by atoms with Crippen LogP contribution in [0.5, 0.6) is 0 Å². The quantitative estimate of drug-likeness (QED) is 0.791. The van der Waals surface area contributed by atoms with Crippen LogP contribution in [0.4, 0.5) is 5.69 Å². The van der Waals surface area contributed by atoms with Crippen molar-refractivity contribution in [1.82, 2.24) is 14.8 Å². The average Bonchev–Trinajstić information content (AvgIpc) is 3.08. The second kappa shape index (κ2) is 5.69. The summed E-state index contributed by atoms with van der Waals surface area (Å²) in [6.07, 6.45) is 1.82. The molecule has 1 aromatic carbocycles. The van der Waals surface area contributed by atoms with E-state index in [0.29, 0.717) is 0 Å². The van der Waals surface area contributed by atoms with Gasteiger partial charge >= 0.3 is 0 Å². The summed E-state index contributed by atoms with van der Waals surface area (Å²) in [6, 6.07) is 10.6. The highest BCUT2D eigenvalue weighted by Gasteiger charge is 2.10. The Labute approximate surface area is 128 Å². The maximum absolute atomic E-state index is 4.54. The lowest BCUT2D eigenvalue weighted by molar-refractivity contribution is 0.676. The maximum atomic E-state index is 4.54. The molecule has 0 saturated heterocycles. The van der Waals surface area contributed by atoms with Crippen LogP contribution in [0.1, 0.15) is 23.7 Å². The molecule has 1 atom stereocenters. The molecule has 0 aliphatic rings. The lowest BCUT2D eigenvalue weighted by atomic mass is 10.1. The van der Waals surface area contributed by atoms with Crippen molar-refractivity contribution < 1.29 is 0 Å². The van der Waals surface area contributed by atoms with Gasteiger partial charge in [0.2, 0.25) is 0 Å². The summed E-state index contributed by atoms with van der Waals surface area (Å²) in [6.45, 7) is 4.16. The van der Waals surface area contributed by atoms with E-state index in [0.717, 1.165) is 27.6 Å². The number of benzene rings is 1. The Morgan fingerprint density at radius 3 is 2.81 bits per heavy atom. The van der Waals surface area contributed by atoms with Gasteiger partial charge in [-0.25, -0.2) is 4.98 Å². The number of hydrogen-bond donors (Lipinski definition) is 1. The van der Waals surface area contributed by atoms with E-state index in [1.165, 1.54) is 0 Å². The van der Waals surface area contributed by atoms with Crippen molar-refractivity contribution in [3.05, 3.63) is 52.6 Å². The fourth-order valence-electron chi connectivity index (χ4n) is 2.40. The molecule has 0 fully saturated rings. The van der Waals surface area contributed by atoms with Crippen molar-refractivity contribution in [3.63, 3.8) is 0 Å². The average molecular weight is 298 g/mol. The number of nitrogens with one attached hydrogen (secondary N) is 1. The minimum Gasteiger partial charge on any atom is -0.377 e. The molecule has 108 valence electrons. The minimum atomic E-state index is 0.199. The molecule has 0 spiro atoms. The molecule has 3 rings (SSSR count). The van der Waals surface area contributed by atoms with Crippen LogP contribution in [0.3, 0.4) is 0 Å². The first-order valence-electron chi connectivity index (χ1n) is 6.90. The Kier molecular flexibility index (Phi) is 3.75. The van der Waals surface area contributed by atoms with Gasteiger partial charge in [-0.05, 0) is 32.0 Å². The Balaban J connectivity index is 1.82. The van der Waals surface area contributed by atoms with Crippen LogP contribution < -0.4 is 5.32 Å². The molecule has 0 bridgehead atoms. The SMILES string of the molecule is Cc1nc(-c2cccc(NC(C)c3ccnn3C)c2)cs1. The molecule has 0 aliphatic carbocycles. The molecule has 0 aliphatic heterocycles. The highest BCUT2D eigenvalue weighted by atomic mass is 32.1. The van der Waals surface area contributed by atoms with Crippen molar-refractivity contribution in [2.45, 2.75) is 19.9 Å². The zero-order valence-electron chi connectivity index (χ0n) is 12.4. The normalized spacial score (nSPS) is 12.3. The van der Waals surface area contributed by atoms with Crippen molar-refractivity contribution in [2.75, 3.05) is 5.32 Å². The molecule has 0 saturated carbocycles. The summed E-state index contributed by atoms with van der Waals surface area (Å²) in [5.41, 5.74) is 4.42. The van der Waals surface area contributed by atoms with E-state index in [-0.39, 0.29) is 6.04 Å². The van der Waals surface area contributed by atoms with E-state index >= 15 is 0 Å². The maximum Gasteiger partial charge on any atom is 0.0901 e. The highest BCUT2D eigenvalue weighted by molar-refractivity contribution is 7.09. The molecule has 1 N–H and O–H groups in total. The third-order valence-corrected chi connectivity index (χ3v) is 4.24. The molecule has 5 heteroatoms. The molecule has 0 radical (unpaired) electrons. The van der Waals surface area contributed by atoms with Crippen LogP contribution in [0.25, 0.3) is 11.3 Å². The van der Waals surface area contributed by atoms with Gasteiger partial charge in [-0.1, -0.05) is 12.1 Å². The molecule has 4 nitrogen and oxygen atoms in total. The van der Waals surface area contributed by atoms with E-state index in [1.807, 2.05) is 30.9 Å². The van der Waals surface area contributed by atoms with Gasteiger partial charge in [-0.15, -0.1) is 11.3 Å². The third kappa shape index (κ3) is 2.97. The van der Waals surface area contributed by atoms with E-state index in [9.17, 15) is 0 Å². The smallest absolute Gasteiger partial charge is 0.0901 e. The number of anilines is 1. The second-order valence-electron chi connectivity index (χ2n) is 5.08. The van der Waals surface area contributed by atoms with Gasteiger partial charge in [0, 0.05) is 29.9 Å². The third-order valence-electron chi connectivity index (χ3n) is 3.46. The summed E-state index contributed by atoms with van der Waals surface area (Å²) in [5, 5.41) is 10.9. The second-order valence-corrected chi connectivity index (χ2v) is 6.14. The molecule has 1 unspecified atom stereocenters. The first kappa shape index (κ1) is 13.8. The monoisotopic (exact) mass is 298 g/mol. The van der Waals surface area contributed by atoms with Crippen molar-refractivity contribution in [3.8, 4) is 11.3 Å². The number of nitrogens with zero attached hydrogens (tertiary/aromatic N) is 3. The number of aryl methyl sites for hydroxylation is 2. The molecular formula is C16H18N4S. The molecule has 2 aromatic heterocycles. The fourth-order valence-corrected chi connectivity index (χ4v) is 3.02. The van der Waals surface area contributed by atoms with Gasteiger partial charge < -0.3 is 5.32 Å². The van der Waals surface area contributed by atoms with Crippen molar-refractivity contribution in [2.24, 2.45) is 7.05 Å². The molecule has 0 amide bonds.